The fourth-order valence-corrected chi connectivity index (χ4v) is 1.64. The molecule has 2 aromatic rings. The van der Waals surface area contributed by atoms with Gasteiger partial charge in [-0.15, -0.1) is 0 Å². The van der Waals surface area contributed by atoms with E-state index < -0.39 is 5.97 Å². The second-order valence-electron chi connectivity index (χ2n) is 3.88. The minimum atomic E-state index is -0.970. The molecule has 0 amide bonds. The molecule has 0 radical (unpaired) electrons. The Labute approximate surface area is 110 Å². The first-order valence-electron chi connectivity index (χ1n) is 5.91. The normalized spacial score (nSPS) is 10.4. The second-order valence-corrected chi connectivity index (χ2v) is 3.88. The number of carbonyl (C=O) groups is 1. The van der Waals surface area contributed by atoms with E-state index in [0.29, 0.717) is 24.6 Å². The Morgan fingerprint density at radius 2 is 2.37 bits per heavy atom. The number of aliphatic carboxylic acids is 1. The molecule has 100 valence electrons. The number of oxazole rings is 1. The molecule has 2 aromatic heterocycles. The van der Waals surface area contributed by atoms with Crippen molar-refractivity contribution in [3.63, 3.8) is 0 Å². The number of carboxylic acid groups (broad SMARTS) is 1. The third kappa shape index (κ3) is 3.54. The van der Waals surface area contributed by atoms with Crippen LogP contribution in [0.1, 0.15) is 24.1 Å². The van der Waals surface area contributed by atoms with E-state index in [1.807, 2.05) is 12.1 Å². The summed E-state index contributed by atoms with van der Waals surface area (Å²) in [4.78, 5) is 18.9. The SMILES string of the molecule is CCOc1oc(Cc2cccnc2)nc1CC(=O)O. The van der Waals surface area contributed by atoms with Gasteiger partial charge in [-0.1, -0.05) is 6.07 Å². The minimum Gasteiger partial charge on any atom is -0.481 e. The van der Waals surface area contributed by atoms with Gasteiger partial charge in [-0.3, -0.25) is 9.78 Å². The molecule has 2 rings (SSSR count). The topological polar surface area (TPSA) is 85.5 Å². The van der Waals surface area contributed by atoms with Gasteiger partial charge in [0, 0.05) is 12.4 Å². The molecule has 1 N–H and O–H groups in total. The quantitative estimate of drug-likeness (QED) is 0.852. The van der Waals surface area contributed by atoms with Crippen LogP contribution in [0.15, 0.2) is 28.9 Å². The van der Waals surface area contributed by atoms with Crippen molar-refractivity contribution in [1.82, 2.24) is 9.97 Å². The molecule has 0 aliphatic carbocycles. The maximum atomic E-state index is 10.7. The standard InChI is InChI=1S/C13H14N2O4/c1-2-18-13-10(7-12(16)17)15-11(19-13)6-9-4-3-5-14-8-9/h3-5,8H,2,6-7H2,1H3,(H,16,17). The molecule has 0 atom stereocenters. The summed E-state index contributed by atoms with van der Waals surface area (Å²) < 4.78 is 10.7. The van der Waals surface area contributed by atoms with Crippen LogP contribution in [0.5, 0.6) is 5.95 Å². The van der Waals surface area contributed by atoms with Crippen molar-refractivity contribution < 1.29 is 19.1 Å². The molecule has 2 heterocycles. The minimum absolute atomic E-state index is 0.184. The van der Waals surface area contributed by atoms with Crippen LogP contribution in [0.4, 0.5) is 0 Å². The largest absolute Gasteiger partial charge is 0.481 e. The van der Waals surface area contributed by atoms with Crippen LogP contribution in [-0.2, 0) is 17.6 Å². The maximum absolute atomic E-state index is 10.7. The Kier molecular flexibility index (Phi) is 4.12. The lowest BCUT2D eigenvalue weighted by Gasteiger charge is -1.98. The van der Waals surface area contributed by atoms with Gasteiger partial charge in [-0.25, -0.2) is 4.98 Å². The first kappa shape index (κ1) is 13.1. The average Bonchev–Trinajstić information content (AvgIpc) is 2.72. The third-order valence-electron chi connectivity index (χ3n) is 2.38. The zero-order chi connectivity index (χ0) is 13.7. The lowest BCUT2D eigenvalue weighted by Crippen LogP contribution is -2.03. The van der Waals surface area contributed by atoms with Gasteiger partial charge >= 0.3 is 11.9 Å². The zero-order valence-electron chi connectivity index (χ0n) is 10.5. The van der Waals surface area contributed by atoms with Crippen LogP contribution < -0.4 is 4.74 Å². The van der Waals surface area contributed by atoms with Gasteiger partial charge in [0.15, 0.2) is 0 Å². The monoisotopic (exact) mass is 262 g/mol. The summed E-state index contributed by atoms with van der Waals surface area (Å²) in [6.07, 6.45) is 3.63. The zero-order valence-corrected chi connectivity index (χ0v) is 10.5. The average molecular weight is 262 g/mol. The Bertz CT molecular complexity index is 551. The molecule has 0 saturated carbocycles. The highest BCUT2D eigenvalue weighted by atomic mass is 16.6. The second kappa shape index (κ2) is 5.99. The van der Waals surface area contributed by atoms with E-state index in [0.717, 1.165) is 5.56 Å². The van der Waals surface area contributed by atoms with Gasteiger partial charge in [0.2, 0.25) is 5.89 Å². The fraction of sp³-hybridized carbons (Fsp3) is 0.308. The Hall–Kier alpha value is -2.37. The molecule has 0 aromatic carbocycles. The van der Waals surface area contributed by atoms with E-state index in [-0.39, 0.29) is 12.4 Å². The van der Waals surface area contributed by atoms with Gasteiger partial charge in [0.05, 0.1) is 19.4 Å². The highest BCUT2D eigenvalue weighted by Gasteiger charge is 2.17. The summed E-state index contributed by atoms with van der Waals surface area (Å²) in [6, 6.07) is 3.72. The Morgan fingerprint density at radius 1 is 1.53 bits per heavy atom. The molecule has 0 bridgehead atoms. The van der Waals surface area contributed by atoms with Crippen LogP contribution >= 0.6 is 0 Å². The predicted molar refractivity (Wildman–Crippen MR) is 66.1 cm³/mol. The van der Waals surface area contributed by atoms with Gasteiger partial charge in [-0.2, -0.15) is 0 Å². The first-order chi connectivity index (χ1) is 9.19. The summed E-state index contributed by atoms with van der Waals surface area (Å²) in [6.45, 7) is 2.20. The summed E-state index contributed by atoms with van der Waals surface area (Å²) in [7, 11) is 0. The molecule has 6 heteroatoms. The van der Waals surface area contributed by atoms with Crippen LogP contribution in [-0.4, -0.2) is 27.7 Å². The molecule has 0 aliphatic rings. The van der Waals surface area contributed by atoms with Crippen molar-refractivity contribution in [2.45, 2.75) is 19.8 Å². The number of pyridine rings is 1. The maximum Gasteiger partial charge on any atom is 0.309 e. The summed E-state index contributed by atoms with van der Waals surface area (Å²) in [5.74, 6) is -0.362. The molecule has 6 nitrogen and oxygen atoms in total. The summed E-state index contributed by atoms with van der Waals surface area (Å²) >= 11 is 0. The lowest BCUT2D eigenvalue weighted by atomic mass is 10.2. The molecular weight excluding hydrogens is 248 g/mol. The van der Waals surface area contributed by atoms with Gasteiger partial charge in [0.25, 0.3) is 0 Å². The number of hydrogen-bond donors (Lipinski definition) is 1. The molecule has 19 heavy (non-hydrogen) atoms. The summed E-state index contributed by atoms with van der Waals surface area (Å²) in [5, 5.41) is 8.81. The highest BCUT2D eigenvalue weighted by molar-refractivity contribution is 5.70. The number of carboxylic acids is 1. The molecule has 0 saturated heterocycles. The van der Waals surface area contributed by atoms with Crippen LogP contribution in [0.3, 0.4) is 0 Å². The number of ether oxygens (including phenoxy) is 1. The van der Waals surface area contributed by atoms with Crippen molar-refractivity contribution in [2.24, 2.45) is 0 Å². The first-order valence-corrected chi connectivity index (χ1v) is 5.91. The Balaban J connectivity index is 2.19. The van der Waals surface area contributed by atoms with Crippen LogP contribution in [0.2, 0.25) is 0 Å². The number of aromatic nitrogens is 2. The smallest absolute Gasteiger partial charge is 0.309 e. The van der Waals surface area contributed by atoms with Crippen molar-refractivity contribution in [3.8, 4) is 5.95 Å². The number of nitrogens with zero attached hydrogens (tertiary/aromatic N) is 2. The van der Waals surface area contributed by atoms with E-state index in [1.54, 1.807) is 19.3 Å². The molecule has 0 unspecified atom stereocenters. The van der Waals surface area contributed by atoms with Crippen molar-refractivity contribution in [3.05, 3.63) is 41.7 Å². The Morgan fingerprint density at radius 3 is 3.00 bits per heavy atom. The molecule has 0 aliphatic heterocycles. The van der Waals surface area contributed by atoms with Crippen LogP contribution in [0, 0.1) is 0 Å². The van der Waals surface area contributed by atoms with Gasteiger partial charge < -0.3 is 14.3 Å². The number of hydrogen-bond acceptors (Lipinski definition) is 5. The van der Waals surface area contributed by atoms with Crippen LogP contribution in [0.25, 0.3) is 0 Å². The molecular formula is C13H14N2O4. The van der Waals surface area contributed by atoms with E-state index in [1.165, 1.54) is 0 Å². The molecule has 0 fully saturated rings. The van der Waals surface area contributed by atoms with Crippen molar-refractivity contribution >= 4 is 5.97 Å². The lowest BCUT2D eigenvalue weighted by molar-refractivity contribution is -0.136. The van der Waals surface area contributed by atoms with Crippen molar-refractivity contribution in [2.75, 3.05) is 6.61 Å². The van der Waals surface area contributed by atoms with E-state index in [9.17, 15) is 4.79 Å². The third-order valence-corrected chi connectivity index (χ3v) is 2.38. The van der Waals surface area contributed by atoms with E-state index in [2.05, 4.69) is 9.97 Å². The van der Waals surface area contributed by atoms with Crippen molar-refractivity contribution in [1.29, 1.82) is 0 Å². The van der Waals surface area contributed by atoms with Gasteiger partial charge in [0.1, 0.15) is 5.69 Å². The fourth-order valence-electron chi connectivity index (χ4n) is 1.64. The number of rotatable bonds is 6. The molecule has 0 spiro atoms. The highest BCUT2D eigenvalue weighted by Crippen LogP contribution is 2.22. The van der Waals surface area contributed by atoms with E-state index in [4.69, 9.17) is 14.3 Å². The summed E-state index contributed by atoms with van der Waals surface area (Å²) in [5.41, 5.74) is 1.25. The van der Waals surface area contributed by atoms with Gasteiger partial charge in [-0.05, 0) is 18.6 Å². The van der Waals surface area contributed by atoms with E-state index >= 15 is 0 Å². The predicted octanol–water partition coefficient (Wildman–Crippen LogP) is 1.69.